The summed E-state index contributed by atoms with van der Waals surface area (Å²) >= 11 is 0. The van der Waals surface area contributed by atoms with Gasteiger partial charge in [-0.2, -0.15) is 8.78 Å². The van der Waals surface area contributed by atoms with Crippen LogP contribution in [-0.2, 0) is 11.3 Å². The molecule has 1 heterocycles. The molecule has 1 fully saturated rings. The van der Waals surface area contributed by atoms with Crippen LogP contribution >= 0.6 is 0 Å². The van der Waals surface area contributed by atoms with Crippen molar-refractivity contribution in [2.45, 2.75) is 31.5 Å². The van der Waals surface area contributed by atoms with Gasteiger partial charge in [0.25, 0.3) is 5.92 Å². The first-order valence-electron chi connectivity index (χ1n) is 6.81. The minimum Gasteiger partial charge on any atom is -0.497 e. The molecule has 5 nitrogen and oxygen atoms in total. The minimum atomic E-state index is -3.02. The van der Waals surface area contributed by atoms with Crippen LogP contribution in [0.2, 0.25) is 0 Å². The van der Waals surface area contributed by atoms with Crippen LogP contribution in [-0.4, -0.2) is 38.1 Å². The summed E-state index contributed by atoms with van der Waals surface area (Å²) in [5.74, 6) is -3.29. The standard InChI is InChI=1S/C14H16F4N2O3/c1-22-9-2-3-11(23-13(15)16)8(4-9)6-19-12(21)10-5-14(17,18)7-20-10/h2-4,10,13,20H,5-7H2,1H3,(H,19,21). The van der Waals surface area contributed by atoms with Crippen molar-refractivity contribution in [3.8, 4) is 11.5 Å². The summed E-state index contributed by atoms with van der Waals surface area (Å²) in [7, 11) is 1.40. The van der Waals surface area contributed by atoms with Gasteiger partial charge in [-0.3, -0.25) is 10.1 Å². The smallest absolute Gasteiger partial charge is 0.387 e. The van der Waals surface area contributed by atoms with E-state index in [0.29, 0.717) is 5.75 Å². The molecule has 0 aliphatic carbocycles. The van der Waals surface area contributed by atoms with Crippen molar-refractivity contribution in [2.75, 3.05) is 13.7 Å². The summed E-state index contributed by atoms with van der Waals surface area (Å²) in [4.78, 5) is 11.9. The summed E-state index contributed by atoms with van der Waals surface area (Å²) in [5, 5.41) is 4.84. The molecule has 1 unspecified atom stereocenters. The number of carbonyl (C=O) groups excluding carboxylic acids is 1. The highest BCUT2D eigenvalue weighted by molar-refractivity contribution is 5.82. The van der Waals surface area contributed by atoms with Crippen LogP contribution in [0.5, 0.6) is 11.5 Å². The summed E-state index contributed by atoms with van der Waals surface area (Å²) in [6.07, 6.45) is -0.600. The Morgan fingerprint density at radius 2 is 2.22 bits per heavy atom. The molecule has 0 spiro atoms. The molecule has 1 amide bonds. The van der Waals surface area contributed by atoms with Gasteiger partial charge in [-0.1, -0.05) is 0 Å². The van der Waals surface area contributed by atoms with E-state index in [1.807, 2.05) is 0 Å². The molecular formula is C14H16F4N2O3. The monoisotopic (exact) mass is 336 g/mol. The fourth-order valence-corrected chi connectivity index (χ4v) is 2.24. The largest absolute Gasteiger partial charge is 0.497 e. The predicted octanol–water partition coefficient (Wildman–Crippen LogP) is 1.91. The highest BCUT2D eigenvalue weighted by Crippen LogP contribution is 2.27. The van der Waals surface area contributed by atoms with E-state index in [1.165, 1.54) is 25.3 Å². The van der Waals surface area contributed by atoms with E-state index in [0.717, 1.165) is 0 Å². The zero-order valence-corrected chi connectivity index (χ0v) is 12.2. The van der Waals surface area contributed by atoms with E-state index >= 15 is 0 Å². The molecule has 1 aromatic rings. The van der Waals surface area contributed by atoms with Gasteiger partial charge in [-0.25, -0.2) is 8.78 Å². The molecule has 0 aromatic heterocycles. The van der Waals surface area contributed by atoms with E-state index in [4.69, 9.17) is 4.74 Å². The summed E-state index contributed by atoms with van der Waals surface area (Å²) < 4.78 is 60.2. The number of hydrogen-bond acceptors (Lipinski definition) is 4. The van der Waals surface area contributed by atoms with Crippen LogP contribution in [0.3, 0.4) is 0 Å². The van der Waals surface area contributed by atoms with Gasteiger partial charge in [0.1, 0.15) is 11.5 Å². The van der Waals surface area contributed by atoms with Gasteiger partial charge in [0, 0.05) is 18.5 Å². The zero-order chi connectivity index (χ0) is 17.0. The van der Waals surface area contributed by atoms with E-state index < -0.39 is 37.4 Å². The van der Waals surface area contributed by atoms with Crippen molar-refractivity contribution in [1.82, 2.24) is 10.6 Å². The van der Waals surface area contributed by atoms with Gasteiger partial charge in [-0.05, 0) is 18.2 Å². The fourth-order valence-electron chi connectivity index (χ4n) is 2.24. The number of amides is 1. The van der Waals surface area contributed by atoms with Crippen LogP contribution in [0.4, 0.5) is 17.6 Å². The van der Waals surface area contributed by atoms with Crippen LogP contribution in [0, 0.1) is 0 Å². The molecule has 2 N–H and O–H groups in total. The van der Waals surface area contributed by atoms with Gasteiger partial charge in [0.2, 0.25) is 5.91 Å². The van der Waals surface area contributed by atoms with Gasteiger partial charge in [0.05, 0.1) is 19.7 Å². The topological polar surface area (TPSA) is 59.6 Å². The lowest BCUT2D eigenvalue weighted by Crippen LogP contribution is -2.40. The van der Waals surface area contributed by atoms with Gasteiger partial charge >= 0.3 is 6.61 Å². The van der Waals surface area contributed by atoms with Gasteiger partial charge in [0.15, 0.2) is 0 Å². The summed E-state index contributed by atoms with van der Waals surface area (Å²) in [6, 6.07) is 3.13. The quantitative estimate of drug-likeness (QED) is 0.779. The molecule has 23 heavy (non-hydrogen) atoms. The van der Waals surface area contributed by atoms with Crippen molar-refractivity contribution in [2.24, 2.45) is 0 Å². The maximum Gasteiger partial charge on any atom is 0.387 e. The second kappa shape index (κ2) is 7.03. The molecule has 1 aliphatic heterocycles. The molecule has 1 atom stereocenters. The number of methoxy groups -OCH3 is 1. The minimum absolute atomic E-state index is 0.120. The number of hydrogen-bond donors (Lipinski definition) is 2. The second-order valence-corrected chi connectivity index (χ2v) is 5.06. The molecule has 0 saturated carbocycles. The Kier molecular flexibility index (Phi) is 5.30. The number of rotatable bonds is 6. The third-order valence-electron chi connectivity index (χ3n) is 3.36. The van der Waals surface area contributed by atoms with Gasteiger partial charge < -0.3 is 14.8 Å². The Morgan fingerprint density at radius 3 is 2.78 bits per heavy atom. The Bertz CT molecular complexity index is 569. The Hall–Kier alpha value is -2.03. The number of ether oxygens (including phenoxy) is 2. The molecule has 1 aliphatic rings. The van der Waals surface area contributed by atoms with E-state index in [2.05, 4.69) is 15.4 Å². The lowest BCUT2D eigenvalue weighted by atomic mass is 10.1. The second-order valence-electron chi connectivity index (χ2n) is 5.06. The highest BCUT2D eigenvalue weighted by atomic mass is 19.3. The Balaban J connectivity index is 2.02. The van der Waals surface area contributed by atoms with Crippen molar-refractivity contribution in [3.05, 3.63) is 23.8 Å². The average Bonchev–Trinajstić information content (AvgIpc) is 2.85. The van der Waals surface area contributed by atoms with Crippen molar-refractivity contribution >= 4 is 5.91 Å². The number of alkyl halides is 4. The first kappa shape index (κ1) is 17.3. The van der Waals surface area contributed by atoms with Crippen LogP contribution in [0.15, 0.2) is 18.2 Å². The molecule has 0 bridgehead atoms. The lowest BCUT2D eigenvalue weighted by Gasteiger charge is -2.15. The summed E-state index contributed by atoms with van der Waals surface area (Å²) in [6.45, 7) is -3.74. The predicted molar refractivity (Wildman–Crippen MR) is 72.8 cm³/mol. The number of carbonyl (C=O) groups is 1. The lowest BCUT2D eigenvalue weighted by molar-refractivity contribution is -0.123. The molecular weight excluding hydrogens is 320 g/mol. The summed E-state index contributed by atoms with van der Waals surface area (Å²) in [5.41, 5.74) is 0.253. The number of nitrogens with one attached hydrogen (secondary N) is 2. The Morgan fingerprint density at radius 1 is 1.48 bits per heavy atom. The van der Waals surface area contributed by atoms with E-state index in [9.17, 15) is 22.4 Å². The van der Waals surface area contributed by atoms with Crippen LogP contribution in [0.1, 0.15) is 12.0 Å². The normalized spacial score (nSPS) is 19.7. The van der Waals surface area contributed by atoms with Crippen LogP contribution in [0.25, 0.3) is 0 Å². The SMILES string of the molecule is COc1ccc(OC(F)F)c(CNC(=O)C2CC(F)(F)CN2)c1. The molecule has 9 heteroatoms. The first-order valence-corrected chi connectivity index (χ1v) is 6.81. The zero-order valence-electron chi connectivity index (χ0n) is 12.2. The van der Waals surface area contributed by atoms with Crippen molar-refractivity contribution in [1.29, 1.82) is 0 Å². The third kappa shape index (κ3) is 4.72. The van der Waals surface area contributed by atoms with E-state index in [-0.39, 0.29) is 17.9 Å². The average molecular weight is 336 g/mol. The maximum atomic E-state index is 13.1. The molecule has 128 valence electrons. The third-order valence-corrected chi connectivity index (χ3v) is 3.36. The molecule has 1 saturated heterocycles. The fraction of sp³-hybridized carbons (Fsp3) is 0.500. The van der Waals surface area contributed by atoms with Crippen molar-refractivity contribution in [3.63, 3.8) is 0 Å². The number of halogens is 4. The van der Waals surface area contributed by atoms with Crippen LogP contribution < -0.4 is 20.1 Å². The Labute approximate surface area is 129 Å². The molecule has 0 radical (unpaired) electrons. The maximum absolute atomic E-state index is 13.1. The van der Waals surface area contributed by atoms with Gasteiger partial charge in [-0.15, -0.1) is 0 Å². The van der Waals surface area contributed by atoms with E-state index in [1.54, 1.807) is 0 Å². The highest BCUT2D eigenvalue weighted by Gasteiger charge is 2.42. The first-order chi connectivity index (χ1) is 10.8. The van der Waals surface area contributed by atoms with Crippen molar-refractivity contribution < 1.29 is 31.8 Å². The molecule has 2 rings (SSSR count). The number of benzene rings is 1. The molecule has 1 aromatic carbocycles.